The van der Waals surface area contributed by atoms with Gasteiger partial charge in [-0.2, -0.15) is 0 Å². The predicted molar refractivity (Wildman–Crippen MR) is 54.3 cm³/mol. The van der Waals surface area contributed by atoms with Gasteiger partial charge >= 0.3 is 0 Å². The maximum Gasteiger partial charge on any atom is 0.248 e. The lowest BCUT2D eigenvalue weighted by molar-refractivity contribution is -0.483. The summed E-state index contributed by atoms with van der Waals surface area (Å²) >= 11 is 0. The minimum Gasteiger partial charge on any atom is -0.592 e. The summed E-state index contributed by atoms with van der Waals surface area (Å²) in [6.45, 7) is 3.72. The van der Waals surface area contributed by atoms with Crippen LogP contribution in [0.1, 0.15) is 13.8 Å². The molecule has 1 rings (SSSR count). The van der Waals surface area contributed by atoms with Gasteiger partial charge in [0, 0.05) is 12.1 Å². The molecule has 1 aromatic carbocycles. The molecule has 0 amide bonds. The summed E-state index contributed by atoms with van der Waals surface area (Å²) in [5.74, 6) is 0. The Morgan fingerprint density at radius 1 is 1.33 bits per heavy atom. The number of benzene rings is 1. The van der Waals surface area contributed by atoms with Crippen LogP contribution in [0.2, 0.25) is 0 Å². The molecule has 82 valence electrons. The van der Waals surface area contributed by atoms with Crippen LogP contribution in [0.15, 0.2) is 35.6 Å². The molecule has 1 aromatic rings. The number of hydrogen-bond acceptors (Lipinski definition) is 4. The summed E-state index contributed by atoms with van der Waals surface area (Å²) in [5, 5.41) is 14.6. The van der Waals surface area contributed by atoms with Crippen molar-refractivity contribution >= 4 is 5.69 Å². The molecule has 0 radical (unpaired) electrons. The van der Waals surface area contributed by atoms with Gasteiger partial charge in [-0.3, -0.25) is 0 Å². The maximum atomic E-state index is 11.3. The van der Waals surface area contributed by atoms with Crippen LogP contribution in [0, 0.1) is 5.21 Å². The van der Waals surface area contributed by atoms with Crippen LogP contribution in [-0.4, -0.2) is 17.8 Å². The Morgan fingerprint density at radius 3 is 2.60 bits per heavy atom. The fraction of sp³-hybridized carbons (Fsp3) is 0.400. The van der Waals surface area contributed by atoms with E-state index in [2.05, 4.69) is 10.1 Å². The summed E-state index contributed by atoms with van der Waals surface area (Å²) in [4.78, 5) is 5.08. The van der Waals surface area contributed by atoms with Crippen LogP contribution in [0.4, 0.5) is 5.69 Å². The monoisotopic (exact) mass is 210 g/mol. The fourth-order valence-electron chi connectivity index (χ4n) is 0.845. The van der Waals surface area contributed by atoms with Crippen LogP contribution >= 0.6 is 0 Å². The van der Waals surface area contributed by atoms with Crippen molar-refractivity contribution in [2.45, 2.75) is 20.0 Å². The van der Waals surface area contributed by atoms with Crippen LogP contribution in [-0.2, 0) is 9.57 Å². The lowest BCUT2D eigenvalue weighted by Gasteiger charge is -2.04. The quantitative estimate of drug-likeness (QED) is 0.247. The van der Waals surface area contributed by atoms with E-state index in [0.717, 1.165) is 0 Å². The smallest absolute Gasteiger partial charge is 0.248 e. The Labute approximate surface area is 88.5 Å². The highest BCUT2D eigenvalue weighted by Gasteiger charge is 2.01. The van der Waals surface area contributed by atoms with Crippen LogP contribution in [0.5, 0.6) is 0 Å². The van der Waals surface area contributed by atoms with E-state index >= 15 is 0 Å². The van der Waals surface area contributed by atoms with E-state index in [9.17, 15) is 5.21 Å². The summed E-state index contributed by atoms with van der Waals surface area (Å²) < 4.78 is 5.05. The lowest BCUT2D eigenvalue weighted by atomic mass is 10.3. The van der Waals surface area contributed by atoms with Gasteiger partial charge in [-0.25, -0.2) is 0 Å². The number of nitrogens with zero attached hydrogens (tertiary/aromatic N) is 2. The fourth-order valence-corrected chi connectivity index (χ4v) is 0.845. The zero-order chi connectivity index (χ0) is 11.1. The molecule has 0 saturated carbocycles. The topological polar surface area (TPSA) is 56.9 Å². The molecule has 0 N–H and O–H groups in total. The molecule has 5 nitrogen and oxygen atoms in total. The van der Waals surface area contributed by atoms with Gasteiger partial charge in [0.25, 0.3) is 0 Å². The molecule has 0 heterocycles. The van der Waals surface area contributed by atoms with Crippen molar-refractivity contribution in [3.8, 4) is 0 Å². The van der Waals surface area contributed by atoms with Crippen LogP contribution in [0.25, 0.3) is 0 Å². The molecule has 0 atom stereocenters. The second-order valence-electron chi connectivity index (χ2n) is 3.15. The lowest BCUT2D eigenvalue weighted by Crippen LogP contribution is -2.05. The Balaban J connectivity index is 2.40. The molecular weight excluding hydrogens is 196 g/mol. The van der Waals surface area contributed by atoms with Crippen molar-refractivity contribution in [2.24, 2.45) is 5.28 Å². The van der Waals surface area contributed by atoms with E-state index in [0.29, 0.717) is 10.5 Å². The molecule has 0 spiro atoms. The molecule has 15 heavy (non-hydrogen) atoms. The van der Waals surface area contributed by atoms with Crippen molar-refractivity contribution in [3.05, 3.63) is 35.5 Å². The molecule has 0 aromatic heterocycles. The van der Waals surface area contributed by atoms with Gasteiger partial charge in [0.05, 0.1) is 6.10 Å². The standard InChI is InChI=1S/C10H14N2O3/c1-9(2)14-8-15-11-12(13)10-6-4-3-5-7-10/h3-7,9H,8H2,1-2H3/b12-11-. The largest absolute Gasteiger partial charge is 0.592 e. The summed E-state index contributed by atoms with van der Waals surface area (Å²) in [5.41, 5.74) is 0.419. The third-order valence-electron chi connectivity index (χ3n) is 1.56. The van der Waals surface area contributed by atoms with Crippen molar-refractivity contribution in [1.29, 1.82) is 0 Å². The minimum absolute atomic E-state index is 0.0246. The van der Waals surface area contributed by atoms with Crippen molar-refractivity contribution in [3.63, 3.8) is 0 Å². The molecule has 0 aliphatic heterocycles. The zero-order valence-corrected chi connectivity index (χ0v) is 8.79. The van der Waals surface area contributed by atoms with Crippen molar-refractivity contribution < 1.29 is 14.4 Å². The molecule has 0 aliphatic rings. The van der Waals surface area contributed by atoms with Gasteiger partial charge in [0.2, 0.25) is 17.8 Å². The van der Waals surface area contributed by atoms with Gasteiger partial charge in [0.1, 0.15) is 0 Å². The zero-order valence-electron chi connectivity index (χ0n) is 8.79. The number of hydrogen-bond donors (Lipinski definition) is 0. The van der Waals surface area contributed by atoms with Gasteiger partial charge in [-0.05, 0) is 18.7 Å². The van der Waals surface area contributed by atoms with Crippen LogP contribution in [0.3, 0.4) is 0 Å². The highest BCUT2D eigenvalue weighted by atomic mass is 16.8. The molecule has 5 heteroatoms. The average Bonchev–Trinajstić information content (AvgIpc) is 2.25. The minimum atomic E-state index is -0.0246. The number of para-hydroxylation sites is 1. The van der Waals surface area contributed by atoms with Gasteiger partial charge < -0.3 is 14.8 Å². The third kappa shape index (κ3) is 4.42. The Morgan fingerprint density at radius 2 is 2.00 bits per heavy atom. The van der Waals surface area contributed by atoms with E-state index in [1.165, 1.54) is 0 Å². The van der Waals surface area contributed by atoms with Gasteiger partial charge in [-0.15, -0.1) is 0 Å². The SMILES string of the molecule is CC(C)OCO/N=[N+](\[O-])c1ccccc1. The number of ether oxygens (including phenoxy) is 1. The highest BCUT2D eigenvalue weighted by molar-refractivity contribution is 5.27. The first-order valence-electron chi connectivity index (χ1n) is 4.67. The second kappa shape index (κ2) is 5.98. The van der Waals surface area contributed by atoms with E-state index in [4.69, 9.17) is 4.74 Å². The normalized spacial score (nSPS) is 11.8. The average molecular weight is 210 g/mol. The summed E-state index contributed by atoms with van der Waals surface area (Å²) in [6.07, 6.45) is 0.0528. The molecule has 0 unspecified atom stereocenters. The first-order chi connectivity index (χ1) is 7.20. The second-order valence-corrected chi connectivity index (χ2v) is 3.15. The van der Waals surface area contributed by atoms with E-state index < -0.39 is 0 Å². The molecule has 0 bridgehead atoms. The van der Waals surface area contributed by atoms with Crippen molar-refractivity contribution in [2.75, 3.05) is 6.79 Å². The van der Waals surface area contributed by atoms with E-state index in [1.807, 2.05) is 19.9 Å². The third-order valence-corrected chi connectivity index (χ3v) is 1.56. The van der Waals surface area contributed by atoms with Gasteiger partial charge in [0.15, 0.2) is 0 Å². The summed E-state index contributed by atoms with van der Waals surface area (Å²) in [6, 6.07) is 8.60. The first-order valence-corrected chi connectivity index (χ1v) is 4.67. The predicted octanol–water partition coefficient (Wildman–Crippen LogP) is 2.59. The van der Waals surface area contributed by atoms with Crippen molar-refractivity contribution in [1.82, 2.24) is 0 Å². The Bertz CT molecular complexity index is 312. The Hall–Kier alpha value is -1.62. The molecular formula is C10H14N2O3. The maximum absolute atomic E-state index is 11.3. The first kappa shape index (κ1) is 11.5. The number of rotatable bonds is 5. The molecule has 0 aliphatic carbocycles. The van der Waals surface area contributed by atoms with E-state index in [1.54, 1.807) is 24.3 Å². The molecule has 0 fully saturated rings. The van der Waals surface area contributed by atoms with E-state index in [-0.39, 0.29) is 12.9 Å². The molecule has 0 saturated heterocycles. The van der Waals surface area contributed by atoms with Crippen LogP contribution < -0.4 is 0 Å². The highest BCUT2D eigenvalue weighted by Crippen LogP contribution is 2.09. The Kier molecular flexibility index (Phi) is 4.56. The summed E-state index contributed by atoms with van der Waals surface area (Å²) in [7, 11) is 0. The van der Waals surface area contributed by atoms with Gasteiger partial charge in [-0.1, -0.05) is 18.2 Å².